The summed E-state index contributed by atoms with van der Waals surface area (Å²) in [4.78, 5) is 13.4. The maximum Gasteiger partial charge on any atom is 0.410 e. The van der Waals surface area contributed by atoms with Crippen LogP contribution in [-0.2, 0) is 4.74 Å². The topological polar surface area (TPSA) is 49.8 Å². The second kappa shape index (κ2) is 5.53. The lowest BCUT2D eigenvalue weighted by Gasteiger charge is -2.33. The number of likely N-dealkylation sites (tertiary alicyclic amines) is 1. The average molecular weight is 231 g/mol. The first-order valence-electron chi connectivity index (χ1n) is 6.77. The molecule has 0 aliphatic carbocycles. The van der Waals surface area contributed by atoms with Gasteiger partial charge >= 0.3 is 6.09 Å². The van der Waals surface area contributed by atoms with Crippen LogP contribution in [0.3, 0.4) is 0 Å². The molecule has 1 N–H and O–H groups in total. The number of ether oxygens (including phenoxy) is 1. The normalized spacial score (nSPS) is 21.4. The van der Waals surface area contributed by atoms with Gasteiger partial charge in [0, 0.05) is 19.6 Å². The minimum absolute atomic E-state index is 0.128. The Balaban J connectivity index is 2.37. The Hall–Kier alpha value is -0.770. The molecule has 0 unspecified atom stereocenters. The fraction of sp³-hybridized carbons (Fsp3) is 0.917. The molecule has 16 heavy (non-hydrogen) atoms. The van der Waals surface area contributed by atoms with Crippen molar-refractivity contribution in [2.75, 3.05) is 19.6 Å². The zero-order valence-electron chi connectivity index (χ0n) is 12.3. The number of hydrogen-bond donors (Lipinski definition) is 1. The lowest BCUT2D eigenvalue weighted by molar-refractivity contribution is 0.0176. The van der Waals surface area contributed by atoms with E-state index in [-0.39, 0.29) is 18.4 Å². The molecule has 4 nitrogen and oxygen atoms in total. The van der Waals surface area contributed by atoms with Gasteiger partial charge in [-0.15, -0.1) is 0 Å². The van der Waals surface area contributed by atoms with Crippen molar-refractivity contribution in [3.63, 3.8) is 0 Å². The molecular formula is C12H23NO3. The molecule has 1 rings (SSSR count). The monoisotopic (exact) mass is 231 g/mol. The van der Waals surface area contributed by atoms with Crippen molar-refractivity contribution in [3.8, 4) is 0 Å². The Morgan fingerprint density at radius 1 is 1.50 bits per heavy atom. The second-order valence-electron chi connectivity index (χ2n) is 5.27. The van der Waals surface area contributed by atoms with Gasteiger partial charge < -0.3 is 14.7 Å². The van der Waals surface area contributed by atoms with E-state index in [0.717, 1.165) is 0 Å². The third-order valence-electron chi connectivity index (χ3n) is 2.65. The molecule has 1 heterocycles. The molecule has 0 radical (unpaired) electrons. The van der Waals surface area contributed by atoms with Crippen LogP contribution in [-0.4, -0.2) is 41.3 Å². The van der Waals surface area contributed by atoms with Crippen LogP contribution in [0.15, 0.2) is 0 Å². The van der Waals surface area contributed by atoms with Gasteiger partial charge in [0.25, 0.3) is 0 Å². The smallest absolute Gasteiger partial charge is 0.410 e. The summed E-state index contributed by atoms with van der Waals surface area (Å²) in [6.07, 6.45) is 1.24. The number of piperidine rings is 1. The molecule has 1 aliphatic heterocycles. The van der Waals surface area contributed by atoms with Crippen LogP contribution < -0.4 is 0 Å². The van der Waals surface area contributed by atoms with E-state index >= 15 is 0 Å². The molecule has 4 heteroatoms. The zero-order chi connectivity index (χ0) is 14.0. The summed E-state index contributed by atoms with van der Waals surface area (Å²) in [6.45, 7) is 4.51. The van der Waals surface area contributed by atoms with Crippen LogP contribution in [0, 0.1) is 5.92 Å². The summed E-state index contributed by atoms with van der Waals surface area (Å²) in [5, 5.41) is 9.13. The van der Waals surface area contributed by atoms with Gasteiger partial charge in [0.15, 0.2) is 0 Å². The van der Waals surface area contributed by atoms with Gasteiger partial charge in [0.05, 0.1) is 2.74 Å². The summed E-state index contributed by atoms with van der Waals surface area (Å²) in [7, 11) is 0. The Labute approximate surface area is 100 Å². The molecule has 0 aromatic rings. The SMILES string of the molecule is [2H]C([2H])(O)CC1CCN(C(=O)OC(C)(C)C)CC1. The summed E-state index contributed by atoms with van der Waals surface area (Å²) < 4.78 is 19.6. The Morgan fingerprint density at radius 2 is 2.06 bits per heavy atom. The van der Waals surface area contributed by atoms with Crippen LogP contribution in [0.1, 0.15) is 42.8 Å². The third kappa shape index (κ3) is 4.39. The largest absolute Gasteiger partial charge is 0.444 e. The first kappa shape index (κ1) is 10.4. The van der Waals surface area contributed by atoms with E-state index in [2.05, 4.69) is 0 Å². The predicted molar refractivity (Wildman–Crippen MR) is 62.2 cm³/mol. The molecule has 0 saturated carbocycles. The van der Waals surface area contributed by atoms with Gasteiger partial charge in [-0.2, -0.15) is 0 Å². The molecule has 0 atom stereocenters. The molecule has 1 saturated heterocycles. The summed E-state index contributed by atoms with van der Waals surface area (Å²) in [5.41, 5.74) is -0.490. The van der Waals surface area contributed by atoms with Crippen LogP contribution in [0.5, 0.6) is 0 Å². The molecule has 1 aliphatic rings. The summed E-state index contributed by atoms with van der Waals surface area (Å²) >= 11 is 0. The number of rotatable bonds is 2. The van der Waals surface area contributed by atoms with E-state index in [9.17, 15) is 4.79 Å². The van der Waals surface area contributed by atoms with Gasteiger partial charge in [-0.3, -0.25) is 0 Å². The molecule has 1 fully saturated rings. The highest BCUT2D eigenvalue weighted by Crippen LogP contribution is 2.21. The van der Waals surface area contributed by atoms with Crippen molar-refractivity contribution in [3.05, 3.63) is 0 Å². The molecule has 0 aromatic heterocycles. The molecular weight excluding hydrogens is 206 g/mol. The molecule has 0 bridgehead atoms. The highest BCUT2D eigenvalue weighted by molar-refractivity contribution is 5.68. The van der Waals surface area contributed by atoms with E-state index in [0.29, 0.717) is 25.9 Å². The van der Waals surface area contributed by atoms with Gasteiger partial charge in [-0.25, -0.2) is 4.79 Å². The standard InChI is InChI=1S/C12H23NO3/c1-12(2,3)16-11(15)13-7-4-10(5-8-13)6-9-14/h10,14H,4-9H2,1-3H3/i9D2. The number of carbonyl (C=O) groups excluding carboxylic acids is 1. The fourth-order valence-corrected chi connectivity index (χ4v) is 1.78. The minimum atomic E-state index is -2.11. The van der Waals surface area contributed by atoms with Crippen molar-refractivity contribution in [1.29, 1.82) is 0 Å². The Bertz CT molecular complexity index is 289. The number of aliphatic hydroxyl groups is 1. The molecule has 0 spiro atoms. The lowest BCUT2D eigenvalue weighted by Crippen LogP contribution is -2.41. The average Bonchev–Trinajstić information content (AvgIpc) is 2.13. The van der Waals surface area contributed by atoms with Crippen molar-refractivity contribution in [1.82, 2.24) is 4.90 Å². The van der Waals surface area contributed by atoms with Gasteiger partial charge in [-0.1, -0.05) is 0 Å². The fourth-order valence-electron chi connectivity index (χ4n) is 1.78. The maximum atomic E-state index is 11.8. The van der Waals surface area contributed by atoms with Crippen LogP contribution >= 0.6 is 0 Å². The van der Waals surface area contributed by atoms with Crippen LogP contribution in [0.2, 0.25) is 0 Å². The van der Waals surface area contributed by atoms with E-state index in [4.69, 9.17) is 12.6 Å². The summed E-state index contributed by atoms with van der Waals surface area (Å²) in [5.74, 6) is 0.128. The third-order valence-corrected chi connectivity index (χ3v) is 2.65. The minimum Gasteiger partial charge on any atom is -0.444 e. The molecule has 1 amide bonds. The van der Waals surface area contributed by atoms with Gasteiger partial charge in [0.2, 0.25) is 0 Å². The van der Waals surface area contributed by atoms with Crippen LogP contribution in [0.4, 0.5) is 4.79 Å². The van der Waals surface area contributed by atoms with E-state index in [1.807, 2.05) is 20.8 Å². The highest BCUT2D eigenvalue weighted by atomic mass is 16.6. The van der Waals surface area contributed by atoms with E-state index in [1.165, 1.54) is 0 Å². The van der Waals surface area contributed by atoms with Crippen molar-refractivity contribution in [2.24, 2.45) is 5.92 Å². The molecule has 0 aromatic carbocycles. The number of hydrogen-bond acceptors (Lipinski definition) is 3. The van der Waals surface area contributed by atoms with Crippen LogP contribution in [0.25, 0.3) is 0 Å². The lowest BCUT2D eigenvalue weighted by atomic mass is 9.94. The Kier molecular flexibility index (Phi) is 3.59. The molecule has 94 valence electrons. The number of nitrogens with zero attached hydrogens (tertiary/aromatic N) is 1. The van der Waals surface area contributed by atoms with Crippen molar-refractivity contribution < 1.29 is 17.4 Å². The summed E-state index contributed by atoms with van der Waals surface area (Å²) in [6, 6.07) is 0. The first-order valence-corrected chi connectivity index (χ1v) is 5.77. The van der Waals surface area contributed by atoms with Gasteiger partial charge in [-0.05, 0) is 46.0 Å². The second-order valence-corrected chi connectivity index (χ2v) is 5.27. The van der Waals surface area contributed by atoms with E-state index < -0.39 is 12.2 Å². The maximum absolute atomic E-state index is 11.8. The van der Waals surface area contributed by atoms with Crippen molar-refractivity contribution >= 4 is 6.09 Å². The first-order chi connectivity index (χ1) is 8.07. The highest BCUT2D eigenvalue weighted by Gasteiger charge is 2.26. The quantitative estimate of drug-likeness (QED) is 0.791. The number of carbonyl (C=O) groups is 1. The predicted octanol–water partition coefficient (Wildman–Crippen LogP) is 2.02. The zero-order valence-corrected chi connectivity index (χ0v) is 10.3. The van der Waals surface area contributed by atoms with Gasteiger partial charge in [0.1, 0.15) is 5.60 Å². The van der Waals surface area contributed by atoms with E-state index in [1.54, 1.807) is 4.90 Å². The van der Waals surface area contributed by atoms with Crippen molar-refractivity contribution in [2.45, 2.75) is 45.6 Å². The number of amides is 1. The Morgan fingerprint density at radius 3 is 2.50 bits per heavy atom.